The van der Waals surface area contributed by atoms with Crippen LogP contribution in [-0.4, -0.2) is 12.6 Å². The van der Waals surface area contributed by atoms with Crippen LogP contribution < -0.4 is 9.47 Å². The number of esters is 1. The molecule has 2 aromatic carbocycles. The Labute approximate surface area is 123 Å². The highest BCUT2D eigenvalue weighted by Crippen LogP contribution is 2.27. The zero-order valence-corrected chi connectivity index (χ0v) is 12.1. The van der Waals surface area contributed by atoms with Gasteiger partial charge in [-0.25, -0.2) is 4.79 Å². The van der Waals surface area contributed by atoms with Crippen LogP contribution in [0.2, 0.25) is 0 Å². The maximum Gasteiger partial charge on any atom is 0.342 e. The number of fused-ring (bicyclic) bond motifs is 1. The van der Waals surface area contributed by atoms with Gasteiger partial charge in [-0.05, 0) is 37.6 Å². The average molecular weight is 280 g/mol. The predicted octanol–water partition coefficient (Wildman–Crippen LogP) is 3.68. The van der Waals surface area contributed by atoms with Gasteiger partial charge in [0.25, 0.3) is 0 Å². The van der Waals surface area contributed by atoms with Crippen molar-refractivity contribution in [2.45, 2.75) is 13.8 Å². The molecule has 0 amide bonds. The van der Waals surface area contributed by atoms with Crippen molar-refractivity contribution in [2.75, 3.05) is 6.61 Å². The van der Waals surface area contributed by atoms with Crippen molar-refractivity contribution in [3.8, 4) is 11.5 Å². The maximum absolute atomic E-state index is 12.2. The normalized spacial score (nSPS) is 13.0. The fraction of sp³-hybridized carbons (Fsp3) is 0.167. The van der Waals surface area contributed by atoms with Crippen molar-refractivity contribution < 1.29 is 14.3 Å². The summed E-state index contributed by atoms with van der Waals surface area (Å²) in [6.07, 6.45) is 1.82. The first kappa shape index (κ1) is 13.4. The van der Waals surface area contributed by atoms with Crippen LogP contribution in [0.5, 0.6) is 11.5 Å². The Bertz CT molecular complexity index is 729. The Morgan fingerprint density at radius 1 is 1.14 bits per heavy atom. The molecule has 0 unspecified atom stereocenters. The van der Waals surface area contributed by atoms with E-state index in [4.69, 9.17) is 9.47 Å². The molecule has 0 saturated carbocycles. The molecule has 3 rings (SSSR count). The van der Waals surface area contributed by atoms with E-state index >= 15 is 0 Å². The van der Waals surface area contributed by atoms with Crippen LogP contribution in [0, 0.1) is 13.8 Å². The van der Waals surface area contributed by atoms with Gasteiger partial charge in [0.2, 0.25) is 0 Å². The second-order valence-corrected chi connectivity index (χ2v) is 5.15. The summed E-state index contributed by atoms with van der Waals surface area (Å²) < 4.78 is 11.0. The molecule has 1 heterocycles. The molecule has 0 radical (unpaired) electrons. The third kappa shape index (κ3) is 2.82. The first-order valence-electron chi connectivity index (χ1n) is 6.85. The second kappa shape index (κ2) is 5.44. The lowest BCUT2D eigenvalue weighted by Gasteiger charge is -2.17. The minimum atomic E-state index is -0.364. The van der Waals surface area contributed by atoms with E-state index in [1.54, 1.807) is 0 Å². The van der Waals surface area contributed by atoms with Crippen LogP contribution in [0.25, 0.3) is 6.08 Å². The topological polar surface area (TPSA) is 35.5 Å². The third-order valence-corrected chi connectivity index (χ3v) is 3.43. The van der Waals surface area contributed by atoms with Gasteiger partial charge in [-0.3, -0.25) is 0 Å². The van der Waals surface area contributed by atoms with Gasteiger partial charge in [-0.2, -0.15) is 0 Å². The first-order valence-corrected chi connectivity index (χ1v) is 6.85. The van der Waals surface area contributed by atoms with Gasteiger partial charge in [-0.1, -0.05) is 35.9 Å². The highest BCUT2D eigenvalue weighted by molar-refractivity contribution is 5.96. The number of carbonyl (C=O) groups excluding carboxylic acids is 1. The number of ether oxygens (including phenoxy) is 2. The Kier molecular flexibility index (Phi) is 3.48. The summed E-state index contributed by atoms with van der Waals surface area (Å²) in [7, 11) is 0. The van der Waals surface area contributed by atoms with Crippen LogP contribution in [0.4, 0.5) is 0 Å². The van der Waals surface area contributed by atoms with Crippen molar-refractivity contribution >= 4 is 12.0 Å². The fourth-order valence-corrected chi connectivity index (χ4v) is 2.31. The van der Waals surface area contributed by atoms with Crippen LogP contribution >= 0.6 is 0 Å². The summed E-state index contributed by atoms with van der Waals surface area (Å²) in [5, 5.41) is 0. The number of para-hydroxylation sites is 1. The molecule has 1 aliphatic rings. The zero-order valence-electron chi connectivity index (χ0n) is 12.1. The van der Waals surface area contributed by atoms with E-state index in [-0.39, 0.29) is 12.6 Å². The van der Waals surface area contributed by atoms with Crippen LogP contribution in [0.15, 0.2) is 48.0 Å². The molecule has 0 atom stereocenters. The number of hydrogen-bond donors (Lipinski definition) is 0. The van der Waals surface area contributed by atoms with Gasteiger partial charge in [-0.15, -0.1) is 0 Å². The molecular formula is C18H16O3. The number of aryl methyl sites for hydroxylation is 2. The first-order chi connectivity index (χ1) is 10.1. The van der Waals surface area contributed by atoms with E-state index in [9.17, 15) is 4.79 Å². The number of carbonyl (C=O) groups is 1. The van der Waals surface area contributed by atoms with E-state index in [1.165, 1.54) is 0 Å². The third-order valence-electron chi connectivity index (χ3n) is 3.43. The molecule has 1 aliphatic heterocycles. The molecule has 0 N–H and O–H groups in total. The lowest BCUT2D eigenvalue weighted by atomic mass is 10.1. The van der Waals surface area contributed by atoms with Gasteiger partial charge in [0.15, 0.2) is 0 Å². The average Bonchev–Trinajstić information content (AvgIpc) is 2.49. The smallest absolute Gasteiger partial charge is 0.342 e. The molecule has 0 aliphatic carbocycles. The zero-order chi connectivity index (χ0) is 14.8. The Hall–Kier alpha value is -2.55. The minimum Gasteiger partial charge on any atom is -0.488 e. The van der Waals surface area contributed by atoms with Crippen molar-refractivity contribution in [3.63, 3.8) is 0 Å². The summed E-state index contributed by atoms with van der Waals surface area (Å²) >= 11 is 0. The molecule has 2 aromatic rings. The van der Waals surface area contributed by atoms with E-state index in [0.717, 1.165) is 22.4 Å². The molecule has 0 fully saturated rings. The fourth-order valence-electron chi connectivity index (χ4n) is 2.31. The van der Waals surface area contributed by atoms with E-state index in [1.807, 2.05) is 62.4 Å². The maximum atomic E-state index is 12.2. The van der Waals surface area contributed by atoms with Crippen molar-refractivity contribution in [1.82, 2.24) is 0 Å². The predicted molar refractivity (Wildman–Crippen MR) is 81.5 cm³/mol. The van der Waals surface area contributed by atoms with Gasteiger partial charge in [0, 0.05) is 5.56 Å². The van der Waals surface area contributed by atoms with E-state index < -0.39 is 0 Å². The largest absolute Gasteiger partial charge is 0.488 e. The minimum absolute atomic E-state index is 0.237. The quantitative estimate of drug-likeness (QED) is 0.621. The Balaban J connectivity index is 1.82. The lowest BCUT2D eigenvalue weighted by molar-refractivity contribution is -0.130. The highest BCUT2D eigenvalue weighted by atomic mass is 16.5. The standard InChI is InChI=1S/C18H16O3/c1-12-7-8-16(13(2)9-12)21-18(19)15-10-14-5-3-4-6-17(14)20-11-15/h3-10H,11H2,1-2H3. The molecule has 0 spiro atoms. The van der Waals surface area contributed by atoms with E-state index in [0.29, 0.717) is 11.3 Å². The summed E-state index contributed by atoms with van der Waals surface area (Å²) in [5.74, 6) is 1.02. The Morgan fingerprint density at radius 3 is 2.76 bits per heavy atom. The summed E-state index contributed by atoms with van der Waals surface area (Å²) in [6.45, 7) is 4.17. The van der Waals surface area contributed by atoms with E-state index in [2.05, 4.69) is 0 Å². The monoisotopic (exact) mass is 280 g/mol. The van der Waals surface area contributed by atoms with Crippen molar-refractivity contribution in [2.24, 2.45) is 0 Å². The molecule has 106 valence electrons. The summed E-state index contributed by atoms with van der Waals surface area (Å²) in [6, 6.07) is 13.4. The molecule has 21 heavy (non-hydrogen) atoms. The van der Waals surface area contributed by atoms with Crippen molar-refractivity contribution in [1.29, 1.82) is 0 Å². The number of hydrogen-bond acceptors (Lipinski definition) is 3. The lowest BCUT2D eigenvalue weighted by Crippen LogP contribution is -2.19. The molecular weight excluding hydrogens is 264 g/mol. The molecule has 3 heteroatoms. The molecule has 0 saturated heterocycles. The highest BCUT2D eigenvalue weighted by Gasteiger charge is 2.19. The Morgan fingerprint density at radius 2 is 1.95 bits per heavy atom. The molecule has 3 nitrogen and oxygen atoms in total. The van der Waals surface area contributed by atoms with Crippen LogP contribution in [-0.2, 0) is 4.79 Å². The van der Waals surface area contributed by atoms with Gasteiger partial charge < -0.3 is 9.47 Å². The summed E-state index contributed by atoms with van der Waals surface area (Å²) in [4.78, 5) is 12.2. The van der Waals surface area contributed by atoms with Crippen LogP contribution in [0.1, 0.15) is 16.7 Å². The number of rotatable bonds is 2. The summed E-state index contributed by atoms with van der Waals surface area (Å²) in [5.41, 5.74) is 3.51. The van der Waals surface area contributed by atoms with Gasteiger partial charge >= 0.3 is 5.97 Å². The molecule has 0 aromatic heterocycles. The van der Waals surface area contributed by atoms with Crippen LogP contribution in [0.3, 0.4) is 0 Å². The van der Waals surface area contributed by atoms with Gasteiger partial charge in [0.05, 0.1) is 5.57 Å². The van der Waals surface area contributed by atoms with Crippen molar-refractivity contribution in [3.05, 3.63) is 64.7 Å². The SMILES string of the molecule is Cc1ccc(OC(=O)C2=Cc3ccccc3OC2)c(C)c1. The molecule has 0 bridgehead atoms. The number of benzene rings is 2. The van der Waals surface area contributed by atoms with Gasteiger partial charge in [0.1, 0.15) is 18.1 Å². The second-order valence-electron chi connectivity index (χ2n) is 5.15.